The first-order valence-corrected chi connectivity index (χ1v) is 6.63. The maximum absolute atomic E-state index is 12.4. The molecule has 0 spiro atoms. The van der Waals surface area contributed by atoms with Crippen LogP contribution in [-0.2, 0) is 9.84 Å². The molecule has 0 radical (unpaired) electrons. The molecule has 0 aromatic heterocycles. The zero-order chi connectivity index (χ0) is 11.6. The van der Waals surface area contributed by atoms with Crippen LogP contribution in [0.1, 0.15) is 48.5 Å². The van der Waals surface area contributed by atoms with E-state index in [4.69, 9.17) is 0 Å². The van der Waals surface area contributed by atoms with Crippen molar-refractivity contribution >= 4 is 9.84 Å². The molecule has 0 aromatic carbocycles. The van der Waals surface area contributed by atoms with Crippen molar-refractivity contribution in [3.8, 4) is 0 Å². The zero-order valence-electron chi connectivity index (χ0n) is 10.3. The van der Waals surface area contributed by atoms with E-state index >= 15 is 0 Å². The molecule has 14 heavy (non-hydrogen) atoms. The van der Waals surface area contributed by atoms with Gasteiger partial charge in [-0.05, 0) is 39.0 Å². The molecule has 0 bridgehead atoms. The highest BCUT2D eigenvalue weighted by Crippen LogP contribution is 2.58. The third-order valence-corrected chi connectivity index (χ3v) is 8.65. The van der Waals surface area contributed by atoms with Gasteiger partial charge in [-0.2, -0.15) is 0 Å². The van der Waals surface area contributed by atoms with Crippen LogP contribution in [0.25, 0.3) is 0 Å². The Balaban J connectivity index is 3.55. The largest absolute Gasteiger partial charge is 0.228 e. The Bertz CT molecular complexity index is 347. The molecule has 0 amide bonds. The lowest BCUT2D eigenvalue weighted by atomic mass is 9.67. The maximum atomic E-state index is 12.4. The molecular formula is C11H22O2S. The van der Waals surface area contributed by atoms with Crippen LogP contribution in [0.3, 0.4) is 0 Å². The van der Waals surface area contributed by atoms with Crippen LogP contribution in [0.2, 0.25) is 0 Å². The van der Waals surface area contributed by atoms with Gasteiger partial charge >= 0.3 is 0 Å². The summed E-state index contributed by atoms with van der Waals surface area (Å²) in [5, 5.41) is 0. The first-order chi connectivity index (χ1) is 5.90. The number of hydrogen-bond donors (Lipinski definition) is 0. The molecule has 1 heterocycles. The van der Waals surface area contributed by atoms with Gasteiger partial charge in [0.2, 0.25) is 0 Å². The van der Waals surface area contributed by atoms with Gasteiger partial charge in [-0.3, -0.25) is 0 Å². The van der Waals surface area contributed by atoms with Crippen molar-refractivity contribution in [3.63, 3.8) is 0 Å². The number of hydrogen-bond acceptors (Lipinski definition) is 2. The monoisotopic (exact) mass is 218 g/mol. The molecule has 1 atom stereocenters. The van der Waals surface area contributed by atoms with E-state index in [1.54, 1.807) is 0 Å². The van der Waals surface area contributed by atoms with Crippen LogP contribution in [-0.4, -0.2) is 17.9 Å². The second-order valence-electron chi connectivity index (χ2n) is 6.06. The van der Waals surface area contributed by atoms with Crippen LogP contribution in [0, 0.1) is 11.3 Å². The van der Waals surface area contributed by atoms with Gasteiger partial charge < -0.3 is 0 Å². The van der Waals surface area contributed by atoms with Gasteiger partial charge in [0, 0.05) is 0 Å². The lowest BCUT2D eigenvalue weighted by molar-refractivity contribution is 0.176. The summed E-state index contributed by atoms with van der Waals surface area (Å²) in [6.45, 7) is 13.6. The van der Waals surface area contributed by atoms with E-state index in [0.29, 0.717) is 0 Å². The van der Waals surface area contributed by atoms with Gasteiger partial charge in [0.25, 0.3) is 0 Å². The number of rotatable bonds is 0. The minimum atomic E-state index is -3.06. The fourth-order valence-corrected chi connectivity index (χ4v) is 5.57. The summed E-state index contributed by atoms with van der Waals surface area (Å²) < 4.78 is 23.5. The Morgan fingerprint density at radius 3 is 1.36 bits per heavy atom. The lowest BCUT2D eigenvalue weighted by Crippen LogP contribution is -2.41. The molecule has 1 fully saturated rings. The van der Waals surface area contributed by atoms with Gasteiger partial charge in [0.1, 0.15) is 0 Å². The summed E-state index contributed by atoms with van der Waals surface area (Å²) in [7, 11) is -3.06. The summed E-state index contributed by atoms with van der Waals surface area (Å²) >= 11 is 0. The molecule has 2 nitrogen and oxygen atoms in total. The smallest absolute Gasteiger partial charge is 0.161 e. The molecule has 0 aliphatic carbocycles. The Labute approximate surface area is 88.0 Å². The standard InChI is InChI=1S/C11H22O2S/c1-8-9(2,3)11(6,7)14(12,13)10(8,4)5/h8H,1-7H3. The molecule has 0 N–H and O–H groups in total. The zero-order valence-corrected chi connectivity index (χ0v) is 11.1. The number of sulfone groups is 1. The molecular weight excluding hydrogens is 196 g/mol. The van der Waals surface area contributed by atoms with Crippen LogP contribution >= 0.6 is 0 Å². The van der Waals surface area contributed by atoms with E-state index in [9.17, 15) is 8.42 Å². The highest BCUT2D eigenvalue weighted by Gasteiger charge is 2.66. The molecule has 1 aliphatic heterocycles. The van der Waals surface area contributed by atoms with Gasteiger partial charge in [-0.1, -0.05) is 20.8 Å². The van der Waals surface area contributed by atoms with Crippen molar-refractivity contribution in [3.05, 3.63) is 0 Å². The van der Waals surface area contributed by atoms with E-state index in [2.05, 4.69) is 13.8 Å². The van der Waals surface area contributed by atoms with Crippen molar-refractivity contribution in [1.29, 1.82) is 0 Å². The second kappa shape index (κ2) is 2.55. The summed E-state index contributed by atoms with van der Waals surface area (Å²) in [6, 6.07) is 0. The minimum Gasteiger partial charge on any atom is -0.228 e. The fourth-order valence-electron chi connectivity index (χ4n) is 2.63. The summed E-state index contributed by atoms with van der Waals surface area (Å²) in [5.74, 6) is 0.176. The average Bonchev–Trinajstić information content (AvgIpc) is 2.05. The minimum absolute atomic E-state index is 0.171. The van der Waals surface area contributed by atoms with E-state index in [-0.39, 0.29) is 11.3 Å². The van der Waals surface area contributed by atoms with Crippen molar-refractivity contribution < 1.29 is 8.42 Å². The van der Waals surface area contributed by atoms with Crippen molar-refractivity contribution in [2.24, 2.45) is 11.3 Å². The predicted molar refractivity (Wildman–Crippen MR) is 60.0 cm³/mol. The third-order valence-electron chi connectivity index (χ3n) is 5.04. The average molecular weight is 218 g/mol. The second-order valence-corrected chi connectivity index (χ2v) is 9.14. The topological polar surface area (TPSA) is 34.1 Å². The fraction of sp³-hybridized carbons (Fsp3) is 1.00. The van der Waals surface area contributed by atoms with Crippen molar-refractivity contribution in [2.45, 2.75) is 58.0 Å². The van der Waals surface area contributed by atoms with E-state index in [1.165, 1.54) is 0 Å². The predicted octanol–water partition coefficient (Wildman–Crippen LogP) is 2.63. The molecule has 3 heteroatoms. The van der Waals surface area contributed by atoms with Gasteiger partial charge in [-0.15, -0.1) is 0 Å². The molecule has 84 valence electrons. The SMILES string of the molecule is CC1C(C)(C)C(C)(C)S(=O)(=O)C1(C)C. The Kier molecular flexibility index (Phi) is 2.19. The van der Waals surface area contributed by atoms with Gasteiger partial charge in [-0.25, -0.2) is 8.42 Å². The molecule has 0 saturated carbocycles. The van der Waals surface area contributed by atoms with Gasteiger partial charge in [0.05, 0.1) is 9.49 Å². The molecule has 1 aliphatic rings. The first-order valence-electron chi connectivity index (χ1n) is 5.15. The van der Waals surface area contributed by atoms with E-state index in [0.717, 1.165) is 0 Å². The highest BCUT2D eigenvalue weighted by molar-refractivity contribution is 7.94. The summed E-state index contributed by atoms with van der Waals surface area (Å²) in [6.07, 6.45) is 0. The van der Waals surface area contributed by atoms with Crippen LogP contribution < -0.4 is 0 Å². The van der Waals surface area contributed by atoms with Crippen molar-refractivity contribution in [1.82, 2.24) is 0 Å². The summed E-state index contributed by atoms with van der Waals surface area (Å²) in [4.78, 5) is 0. The van der Waals surface area contributed by atoms with Gasteiger partial charge in [0.15, 0.2) is 9.84 Å². The van der Waals surface area contributed by atoms with Crippen LogP contribution in [0.15, 0.2) is 0 Å². The molecule has 1 rings (SSSR count). The van der Waals surface area contributed by atoms with Crippen LogP contribution in [0.4, 0.5) is 0 Å². The third kappa shape index (κ3) is 0.944. The molecule has 1 unspecified atom stereocenters. The molecule has 1 saturated heterocycles. The van der Waals surface area contributed by atoms with Crippen LogP contribution in [0.5, 0.6) is 0 Å². The quantitative estimate of drug-likeness (QED) is 0.626. The maximum Gasteiger partial charge on any atom is 0.161 e. The Morgan fingerprint density at radius 1 is 0.929 bits per heavy atom. The Hall–Kier alpha value is -0.0500. The normalized spacial score (nSPS) is 36.9. The highest BCUT2D eigenvalue weighted by atomic mass is 32.2. The van der Waals surface area contributed by atoms with E-state index in [1.807, 2.05) is 34.6 Å². The Morgan fingerprint density at radius 2 is 1.29 bits per heavy atom. The molecule has 0 aromatic rings. The lowest BCUT2D eigenvalue weighted by Gasteiger charge is -2.35. The summed E-state index contributed by atoms with van der Waals surface area (Å²) in [5.41, 5.74) is -0.171. The van der Waals surface area contributed by atoms with Crippen molar-refractivity contribution in [2.75, 3.05) is 0 Å². The van der Waals surface area contributed by atoms with E-state index < -0.39 is 19.3 Å². The first kappa shape index (κ1) is 12.0.